The Balaban J connectivity index is 1.27. The molecule has 3 aromatic rings. The van der Waals surface area contributed by atoms with Crippen LogP contribution < -0.4 is 5.56 Å². The minimum atomic E-state index is -0.227. The Kier molecular flexibility index (Phi) is 4.77. The maximum Gasteiger partial charge on any atom is 0.262 e. The smallest absolute Gasteiger partial charge is 0.262 e. The normalized spacial score (nSPS) is 18.2. The summed E-state index contributed by atoms with van der Waals surface area (Å²) < 4.78 is 1.68. The molecule has 1 atom stereocenters. The quantitative estimate of drug-likeness (QED) is 0.466. The number of hydrogen-bond donors (Lipinski definition) is 0. The molecule has 1 aliphatic carbocycles. The van der Waals surface area contributed by atoms with Crippen molar-refractivity contribution >= 4 is 33.4 Å². The molecule has 30 heavy (non-hydrogen) atoms. The standard InChI is InChI=1S/C23H23N3O3S/c1-14-8-9-17-18(12-14)30-20-19(17)23(29)25(13-24-20)10-4-5-11-26-21(27)15-6-2-3-7-16(15)22(26)28/h2-3,6-7,13-14H,4-5,8-12H2,1H3. The number of imide groups is 1. The second-order valence-electron chi connectivity index (χ2n) is 8.29. The summed E-state index contributed by atoms with van der Waals surface area (Å²) in [6.45, 7) is 3.15. The van der Waals surface area contributed by atoms with E-state index in [0.29, 0.717) is 43.0 Å². The number of amides is 2. The van der Waals surface area contributed by atoms with Gasteiger partial charge in [0.15, 0.2) is 0 Å². The molecule has 1 aliphatic heterocycles. The molecule has 2 amide bonds. The molecular formula is C23H23N3O3S. The summed E-state index contributed by atoms with van der Waals surface area (Å²) in [7, 11) is 0. The fourth-order valence-corrected chi connectivity index (χ4v) is 5.86. The SMILES string of the molecule is CC1CCc2c(sc3ncn(CCCCN4C(=O)c5ccccc5C4=O)c(=O)c23)C1. The number of carbonyl (C=O) groups excluding carboxylic acids is 2. The Morgan fingerprint density at radius 1 is 1.07 bits per heavy atom. The van der Waals surface area contributed by atoms with Crippen molar-refractivity contribution in [1.82, 2.24) is 14.5 Å². The molecule has 3 heterocycles. The van der Waals surface area contributed by atoms with Crippen LogP contribution in [0.5, 0.6) is 0 Å². The molecule has 7 heteroatoms. The van der Waals surface area contributed by atoms with Crippen molar-refractivity contribution in [3.05, 3.63) is 62.5 Å². The highest BCUT2D eigenvalue weighted by atomic mass is 32.1. The van der Waals surface area contributed by atoms with Gasteiger partial charge in [-0.15, -0.1) is 11.3 Å². The average molecular weight is 422 g/mol. The summed E-state index contributed by atoms with van der Waals surface area (Å²) >= 11 is 1.66. The van der Waals surface area contributed by atoms with Gasteiger partial charge in [0.25, 0.3) is 17.4 Å². The molecule has 154 valence electrons. The molecule has 0 saturated carbocycles. The Morgan fingerprint density at radius 2 is 1.77 bits per heavy atom. The van der Waals surface area contributed by atoms with Crippen molar-refractivity contribution in [2.24, 2.45) is 5.92 Å². The van der Waals surface area contributed by atoms with Gasteiger partial charge >= 0.3 is 0 Å². The van der Waals surface area contributed by atoms with Gasteiger partial charge in [0.1, 0.15) is 4.83 Å². The molecule has 0 N–H and O–H groups in total. The lowest BCUT2D eigenvalue weighted by atomic mass is 9.89. The maximum absolute atomic E-state index is 13.1. The van der Waals surface area contributed by atoms with Crippen LogP contribution in [0.15, 0.2) is 35.4 Å². The van der Waals surface area contributed by atoms with E-state index in [4.69, 9.17) is 0 Å². The topological polar surface area (TPSA) is 72.3 Å². The number of fused-ring (bicyclic) bond motifs is 4. The van der Waals surface area contributed by atoms with E-state index < -0.39 is 0 Å². The van der Waals surface area contributed by atoms with E-state index in [9.17, 15) is 14.4 Å². The number of benzene rings is 1. The summed E-state index contributed by atoms with van der Waals surface area (Å²) in [5.41, 5.74) is 2.19. The lowest BCUT2D eigenvalue weighted by Crippen LogP contribution is -2.31. The van der Waals surface area contributed by atoms with Crippen LogP contribution in [0.25, 0.3) is 10.2 Å². The van der Waals surface area contributed by atoms with E-state index in [1.54, 1.807) is 46.5 Å². The molecule has 0 spiro atoms. The van der Waals surface area contributed by atoms with Gasteiger partial charge in [0, 0.05) is 18.0 Å². The molecular weight excluding hydrogens is 398 g/mol. The van der Waals surface area contributed by atoms with E-state index in [1.165, 1.54) is 15.3 Å². The predicted molar refractivity (Wildman–Crippen MR) is 116 cm³/mol. The van der Waals surface area contributed by atoms with Crippen molar-refractivity contribution in [2.75, 3.05) is 6.54 Å². The second kappa shape index (κ2) is 7.47. The number of rotatable bonds is 5. The summed E-state index contributed by atoms with van der Waals surface area (Å²) in [5.74, 6) is 0.208. The van der Waals surface area contributed by atoms with Gasteiger partial charge in [-0.1, -0.05) is 19.1 Å². The summed E-state index contributed by atoms with van der Waals surface area (Å²) in [6.07, 6.45) is 6.10. The van der Waals surface area contributed by atoms with E-state index >= 15 is 0 Å². The van der Waals surface area contributed by atoms with Crippen molar-refractivity contribution in [3.63, 3.8) is 0 Å². The zero-order valence-electron chi connectivity index (χ0n) is 16.9. The van der Waals surface area contributed by atoms with E-state index in [1.807, 2.05) is 0 Å². The molecule has 5 rings (SSSR count). The number of nitrogens with zero attached hydrogens (tertiary/aromatic N) is 3. The number of unbranched alkanes of at least 4 members (excludes halogenated alkanes) is 1. The summed E-state index contributed by atoms with van der Waals surface area (Å²) in [4.78, 5) is 46.0. The zero-order chi connectivity index (χ0) is 20.8. The summed E-state index contributed by atoms with van der Waals surface area (Å²) in [5, 5.41) is 0.796. The lowest BCUT2D eigenvalue weighted by Gasteiger charge is -2.17. The van der Waals surface area contributed by atoms with Crippen LogP contribution in [-0.4, -0.2) is 32.8 Å². The fraction of sp³-hybridized carbons (Fsp3) is 0.391. The fourth-order valence-electron chi connectivity index (χ4n) is 4.52. The highest BCUT2D eigenvalue weighted by Crippen LogP contribution is 2.35. The maximum atomic E-state index is 13.1. The van der Waals surface area contributed by atoms with Crippen LogP contribution >= 0.6 is 11.3 Å². The Labute approximate surface area is 178 Å². The number of thiophene rings is 1. The molecule has 1 aromatic carbocycles. The van der Waals surface area contributed by atoms with Crippen molar-refractivity contribution in [2.45, 2.75) is 45.6 Å². The van der Waals surface area contributed by atoms with Gasteiger partial charge in [-0.2, -0.15) is 0 Å². The van der Waals surface area contributed by atoms with Crippen LogP contribution in [0.3, 0.4) is 0 Å². The van der Waals surface area contributed by atoms with Crippen molar-refractivity contribution in [3.8, 4) is 0 Å². The molecule has 0 saturated heterocycles. The third-order valence-corrected chi connectivity index (χ3v) is 7.35. The first-order valence-electron chi connectivity index (χ1n) is 10.5. The molecule has 1 unspecified atom stereocenters. The Morgan fingerprint density at radius 3 is 2.50 bits per heavy atom. The number of aromatic nitrogens is 2. The van der Waals surface area contributed by atoms with Crippen LogP contribution in [0, 0.1) is 5.92 Å². The van der Waals surface area contributed by atoms with Crippen molar-refractivity contribution in [1.29, 1.82) is 0 Å². The van der Waals surface area contributed by atoms with Crippen LogP contribution in [0.4, 0.5) is 0 Å². The number of hydrogen-bond acceptors (Lipinski definition) is 5. The first-order valence-corrected chi connectivity index (χ1v) is 11.3. The molecule has 0 bridgehead atoms. The predicted octanol–water partition coefficient (Wildman–Crippen LogP) is 3.66. The van der Waals surface area contributed by atoms with Gasteiger partial charge in [0.05, 0.1) is 22.8 Å². The highest BCUT2D eigenvalue weighted by molar-refractivity contribution is 7.18. The number of carbonyl (C=O) groups is 2. The lowest BCUT2D eigenvalue weighted by molar-refractivity contribution is 0.0651. The van der Waals surface area contributed by atoms with Gasteiger partial charge in [0.2, 0.25) is 0 Å². The number of aryl methyl sites for hydroxylation is 2. The molecule has 2 aromatic heterocycles. The minimum absolute atomic E-state index is 0.0350. The Hall–Kier alpha value is -2.80. The highest BCUT2D eigenvalue weighted by Gasteiger charge is 2.34. The molecule has 0 fully saturated rings. The van der Waals surface area contributed by atoms with E-state index in [0.717, 1.165) is 29.5 Å². The Bertz CT molecular complexity index is 1190. The first-order chi connectivity index (χ1) is 14.5. The van der Waals surface area contributed by atoms with Crippen molar-refractivity contribution < 1.29 is 9.59 Å². The zero-order valence-corrected chi connectivity index (χ0v) is 17.7. The molecule has 6 nitrogen and oxygen atoms in total. The molecule has 2 aliphatic rings. The van der Waals surface area contributed by atoms with Gasteiger partial charge in [-0.05, 0) is 55.7 Å². The van der Waals surface area contributed by atoms with Crippen LogP contribution in [0.2, 0.25) is 0 Å². The minimum Gasteiger partial charge on any atom is -0.299 e. The largest absolute Gasteiger partial charge is 0.299 e. The first kappa shape index (κ1) is 19.2. The third kappa shape index (κ3) is 3.08. The van der Waals surface area contributed by atoms with Gasteiger partial charge < -0.3 is 0 Å². The monoisotopic (exact) mass is 421 g/mol. The van der Waals surface area contributed by atoms with E-state index in [2.05, 4.69) is 11.9 Å². The van der Waals surface area contributed by atoms with Gasteiger partial charge in [-0.25, -0.2) is 4.98 Å². The molecule has 0 radical (unpaired) electrons. The second-order valence-corrected chi connectivity index (χ2v) is 9.37. The van der Waals surface area contributed by atoms with E-state index in [-0.39, 0.29) is 17.4 Å². The third-order valence-electron chi connectivity index (χ3n) is 6.19. The average Bonchev–Trinajstić information content (AvgIpc) is 3.23. The summed E-state index contributed by atoms with van der Waals surface area (Å²) in [6, 6.07) is 6.93. The van der Waals surface area contributed by atoms with Crippen LogP contribution in [0.1, 0.15) is 57.3 Å². The van der Waals surface area contributed by atoms with Crippen LogP contribution in [-0.2, 0) is 19.4 Å². The van der Waals surface area contributed by atoms with Gasteiger partial charge in [-0.3, -0.25) is 23.9 Å².